The van der Waals surface area contributed by atoms with Gasteiger partial charge in [0.2, 0.25) is 0 Å². The van der Waals surface area contributed by atoms with Crippen LogP contribution in [-0.4, -0.2) is 5.97 Å². The van der Waals surface area contributed by atoms with Crippen LogP contribution in [0.3, 0.4) is 0 Å². The zero-order valence-corrected chi connectivity index (χ0v) is 17.8. The lowest BCUT2D eigenvalue weighted by atomic mass is 10.1. The summed E-state index contributed by atoms with van der Waals surface area (Å²) in [4.78, 5) is 12.1. The summed E-state index contributed by atoms with van der Waals surface area (Å²) in [5.41, 5.74) is 6.91. The molecular formula is C29H24O2. The Hall–Kier alpha value is -4.09. The van der Waals surface area contributed by atoms with Crippen LogP contribution in [-0.2, 0) is 4.79 Å². The van der Waals surface area contributed by atoms with E-state index < -0.39 is 5.97 Å². The van der Waals surface area contributed by atoms with Crippen LogP contribution in [0.15, 0.2) is 92.0 Å². The fraction of sp³-hybridized carbons (Fsp3) is 0.0690. The highest BCUT2D eigenvalue weighted by molar-refractivity contribution is 5.88. The first kappa shape index (κ1) is 21.6. The third-order valence-corrected chi connectivity index (χ3v) is 4.62. The Kier molecular flexibility index (Phi) is 7.04. The number of esters is 1. The Bertz CT molecular complexity index is 1180. The van der Waals surface area contributed by atoms with Gasteiger partial charge < -0.3 is 4.74 Å². The number of carbonyl (C=O) groups excluding carboxylic acids is 1. The average molecular weight is 405 g/mol. The smallest absolute Gasteiger partial charge is 0.336 e. The predicted molar refractivity (Wildman–Crippen MR) is 129 cm³/mol. The molecule has 0 unspecified atom stereocenters. The number of benzene rings is 3. The second kappa shape index (κ2) is 10.1. The van der Waals surface area contributed by atoms with Gasteiger partial charge in [-0.05, 0) is 73.0 Å². The number of rotatable bonds is 5. The zero-order chi connectivity index (χ0) is 22.2. The van der Waals surface area contributed by atoms with Crippen molar-refractivity contribution in [1.82, 2.24) is 0 Å². The number of hydrogen-bond donors (Lipinski definition) is 0. The van der Waals surface area contributed by atoms with Crippen LogP contribution in [0.2, 0.25) is 0 Å². The minimum atomic E-state index is -0.430. The summed E-state index contributed by atoms with van der Waals surface area (Å²) in [7, 11) is 0. The van der Waals surface area contributed by atoms with Crippen molar-refractivity contribution >= 4 is 23.2 Å². The fourth-order valence-corrected chi connectivity index (χ4v) is 2.78. The molecule has 3 aromatic rings. The molecule has 0 saturated carbocycles. The van der Waals surface area contributed by atoms with Gasteiger partial charge in [0.15, 0.2) is 0 Å². The topological polar surface area (TPSA) is 26.3 Å². The predicted octanol–water partition coefficient (Wildman–Crippen LogP) is 6.77. The summed E-state index contributed by atoms with van der Waals surface area (Å²) in [5, 5.41) is 0. The summed E-state index contributed by atoms with van der Waals surface area (Å²) in [6.07, 6.45) is 3.14. The Morgan fingerprint density at radius 3 is 1.68 bits per heavy atom. The van der Waals surface area contributed by atoms with E-state index in [0.717, 1.165) is 39.0 Å². The summed E-state index contributed by atoms with van der Waals surface area (Å²) in [6, 6.07) is 22.9. The molecule has 3 aromatic carbocycles. The molecule has 0 aliphatic rings. The highest BCUT2D eigenvalue weighted by Crippen LogP contribution is 2.15. The van der Waals surface area contributed by atoms with Gasteiger partial charge in [0, 0.05) is 17.2 Å². The molecule has 2 nitrogen and oxygen atoms in total. The molecule has 0 heterocycles. The van der Waals surface area contributed by atoms with Crippen LogP contribution in [0.25, 0.3) is 17.2 Å². The second-order valence-electron chi connectivity index (χ2n) is 7.29. The van der Waals surface area contributed by atoms with Gasteiger partial charge in [-0.2, -0.15) is 0 Å². The van der Waals surface area contributed by atoms with Crippen LogP contribution in [0.1, 0.15) is 41.7 Å². The first-order valence-corrected chi connectivity index (χ1v) is 9.94. The monoisotopic (exact) mass is 404 g/mol. The number of carbonyl (C=O) groups is 1. The fourth-order valence-electron chi connectivity index (χ4n) is 2.78. The van der Waals surface area contributed by atoms with Crippen LogP contribution in [0.4, 0.5) is 0 Å². The van der Waals surface area contributed by atoms with Crippen molar-refractivity contribution in [3.63, 3.8) is 0 Å². The Morgan fingerprint density at radius 2 is 1.19 bits per heavy atom. The molecule has 0 aliphatic heterocycles. The Labute approximate surface area is 184 Å². The van der Waals surface area contributed by atoms with E-state index in [9.17, 15) is 4.79 Å². The van der Waals surface area contributed by atoms with E-state index in [2.05, 4.69) is 25.0 Å². The van der Waals surface area contributed by atoms with Gasteiger partial charge in [0.1, 0.15) is 5.75 Å². The second-order valence-corrected chi connectivity index (χ2v) is 7.29. The third-order valence-electron chi connectivity index (χ3n) is 4.62. The molecule has 0 aromatic heterocycles. The van der Waals surface area contributed by atoms with Gasteiger partial charge in [0.25, 0.3) is 0 Å². The third kappa shape index (κ3) is 6.45. The normalized spacial score (nSPS) is 10.3. The van der Waals surface area contributed by atoms with Gasteiger partial charge in [-0.1, -0.05) is 72.5 Å². The average Bonchev–Trinajstić information content (AvgIpc) is 2.78. The molecule has 3 rings (SSSR count). The Morgan fingerprint density at radius 1 is 0.742 bits per heavy atom. The zero-order valence-electron chi connectivity index (χ0n) is 17.8. The van der Waals surface area contributed by atoms with E-state index in [4.69, 9.17) is 4.74 Å². The minimum Gasteiger partial charge on any atom is -0.423 e. The molecule has 0 aliphatic carbocycles. The van der Waals surface area contributed by atoms with Crippen molar-refractivity contribution in [3.8, 4) is 17.6 Å². The lowest BCUT2D eigenvalue weighted by Crippen LogP contribution is -2.03. The van der Waals surface area contributed by atoms with Crippen LogP contribution < -0.4 is 4.74 Å². The number of ether oxygens (including phenoxy) is 1. The molecule has 0 atom stereocenters. The Balaban J connectivity index is 1.58. The van der Waals surface area contributed by atoms with Crippen LogP contribution in [0, 0.1) is 11.8 Å². The van der Waals surface area contributed by atoms with Gasteiger partial charge in [-0.15, -0.1) is 0 Å². The maximum Gasteiger partial charge on any atom is 0.336 e. The molecule has 0 bridgehead atoms. The largest absolute Gasteiger partial charge is 0.423 e. The van der Waals surface area contributed by atoms with E-state index in [1.807, 2.05) is 74.5 Å². The lowest BCUT2D eigenvalue weighted by Gasteiger charge is -2.02. The molecule has 0 N–H and O–H groups in total. The molecule has 0 saturated heterocycles. The van der Waals surface area contributed by atoms with Crippen molar-refractivity contribution in [1.29, 1.82) is 0 Å². The summed E-state index contributed by atoms with van der Waals surface area (Å²) in [6.45, 7) is 11.8. The first-order valence-electron chi connectivity index (χ1n) is 9.94. The maximum absolute atomic E-state index is 12.1. The number of allylic oxidation sites excluding steroid dienone is 2. The molecule has 0 radical (unpaired) electrons. The molecule has 0 fully saturated rings. The lowest BCUT2D eigenvalue weighted by molar-refractivity contribution is -0.128. The van der Waals surface area contributed by atoms with Crippen molar-refractivity contribution in [2.24, 2.45) is 0 Å². The van der Waals surface area contributed by atoms with Crippen molar-refractivity contribution in [2.75, 3.05) is 0 Å². The van der Waals surface area contributed by atoms with E-state index in [-0.39, 0.29) is 0 Å². The molecule has 2 heteroatoms. The minimum absolute atomic E-state index is 0.430. The molecular weight excluding hydrogens is 380 g/mol. The van der Waals surface area contributed by atoms with Crippen molar-refractivity contribution in [2.45, 2.75) is 13.8 Å². The van der Waals surface area contributed by atoms with Gasteiger partial charge in [-0.3, -0.25) is 0 Å². The SMILES string of the molecule is C=C(C)c1ccc(C#Cc2ccc(OC(=O)/C=C/c3ccc(C(=C)C)cc3)cc2)cc1. The van der Waals surface area contributed by atoms with E-state index in [1.54, 1.807) is 18.2 Å². The summed E-state index contributed by atoms with van der Waals surface area (Å²) < 4.78 is 5.36. The summed E-state index contributed by atoms with van der Waals surface area (Å²) >= 11 is 0. The molecule has 0 spiro atoms. The van der Waals surface area contributed by atoms with Crippen LogP contribution in [0.5, 0.6) is 5.75 Å². The van der Waals surface area contributed by atoms with Crippen LogP contribution >= 0.6 is 0 Å². The van der Waals surface area contributed by atoms with E-state index >= 15 is 0 Å². The van der Waals surface area contributed by atoms with Gasteiger partial charge >= 0.3 is 5.97 Å². The van der Waals surface area contributed by atoms with Crippen molar-refractivity contribution in [3.05, 3.63) is 120 Å². The summed E-state index contributed by atoms with van der Waals surface area (Å²) in [5.74, 6) is 6.29. The van der Waals surface area contributed by atoms with E-state index in [1.165, 1.54) is 6.08 Å². The number of hydrogen-bond acceptors (Lipinski definition) is 2. The highest BCUT2D eigenvalue weighted by Gasteiger charge is 2.01. The van der Waals surface area contributed by atoms with Gasteiger partial charge in [-0.25, -0.2) is 4.79 Å². The van der Waals surface area contributed by atoms with E-state index in [0.29, 0.717) is 5.75 Å². The van der Waals surface area contributed by atoms with Crippen molar-refractivity contribution < 1.29 is 9.53 Å². The standard InChI is InChI=1S/C29H24O2/c1-21(2)26-14-7-23(8-15-26)5-6-24-11-18-28(19-12-24)31-29(30)20-13-25-9-16-27(17-10-25)22(3)4/h7-20H,1,3H2,2,4H3/b20-13+. The first-order chi connectivity index (χ1) is 14.9. The highest BCUT2D eigenvalue weighted by atomic mass is 16.5. The van der Waals surface area contributed by atoms with Gasteiger partial charge in [0.05, 0.1) is 0 Å². The quantitative estimate of drug-likeness (QED) is 0.203. The maximum atomic E-state index is 12.1. The molecule has 31 heavy (non-hydrogen) atoms. The molecule has 152 valence electrons. The molecule has 0 amide bonds.